The first-order valence-corrected chi connectivity index (χ1v) is 10.9. The summed E-state index contributed by atoms with van der Waals surface area (Å²) in [5.74, 6) is 1.34. The Kier molecular flexibility index (Phi) is 6.25. The second-order valence-corrected chi connectivity index (χ2v) is 8.31. The Morgan fingerprint density at radius 1 is 1.24 bits per heavy atom. The van der Waals surface area contributed by atoms with Crippen LogP contribution in [0.15, 0.2) is 12.4 Å². The fourth-order valence-electron chi connectivity index (χ4n) is 4.13. The molecule has 1 saturated carbocycles. The van der Waals surface area contributed by atoms with E-state index in [0.29, 0.717) is 33.9 Å². The second kappa shape index (κ2) is 9.04. The van der Waals surface area contributed by atoms with Gasteiger partial charge in [0.15, 0.2) is 0 Å². The summed E-state index contributed by atoms with van der Waals surface area (Å²) in [6.45, 7) is 3.31. The smallest absolute Gasteiger partial charge is 0.207 e. The number of ether oxygens (including phenoxy) is 1. The summed E-state index contributed by atoms with van der Waals surface area (Å²) in [5, 5.41) is 19.5. The van der Waals surface area contributed by atoms with Crippen molar-refractivity contribution >= 4 is 35.4 Å². The third-order valence-corrected chi connectivity index (χ3v) is 5.97. The van der Waals surface area contributed by atoms with E-state index in [9.17, 15) is 0 Å². The van der Waals surface area contributed by atoms with Crippen LogP contribution in [-0.2, 0) is 4.74 Å². The minimum absolute atomic E-state index is 0.372. The van der Waals surface area contributed by atoms with E-state index in [4.69, 9.17) is 22.4 Å². The molecule has 0 amide bonds. The van der Waals surface area contributed by atoms with Crippen LogP contribution in [0.1, 0.15) is 63.5 Å². The molecule has 29 heavy (non-hydrogen) atoms. The van der Waals surface area contributed by atoms with Crippen LogP contribution < -0.4 is 10.6 Å². The molecule has 1 aliphatic heterocycles. The molecule has 0 spiro atoms. The number of hydrogen-bond donors (Lipinski definition) is 4. The number of aromatic nitrogens is 4. The highest BCUT2D eigenvalue weighted by Crippen LogP contribution is 2.26. The summed E-state index contributed by atoms with van der Waals surface area (Å²) in [6.07, 6.45) is 11.8. The van der Waals surface area contributed by atoms with Gasteiger partial charge in [-0.2, -0.15) is 5.10 Å². The molecule has 0 unspecified atom stereocenters. The molecule has 2 aromatic heterocycles. The lowest BCUT2D eigenvalue weighted by atomic mass is 9.95. The lowest BCUT2D eigenvalue weighted by Crippen LogP contribution is -2.24. The van der Waals surface area contributed by atoms with E-state index in [1.54, 1.807) is 13.1 Å². The maximum atomic E-state index is 8.13. The highest BCUT2D eigenvalue weighted by molar-refractivity contribution is 7.71. The molecule has 4 N–H and O–H groups in total. The minimum atomic E-state index is 0.372. The second-order valence-electron chi connectivity index (χ2n) is 7.92. The van der Waals surface area contributed by atoms with Crippen molar-refractivity contribution in [3.8, 4) is 0 Å². The van der Waals surface area contributed by atoms with E-state index < -0.39 is 0 Å². The van der Waals surface area contributed by atoms with Gasteiger partial charge in [-0.25, -0.2) is 4.98 Å². The number of nitrogens with zero attached hydrogens (tertiary/aromatic N) is 3. The van der Waals surface area contributed by atoms with E-state index in [0.717, 1.165) is 50.4 Å². The summed E-state index contributed by atoms with van der Waals surface area (Å²) in [4.78, 5) is 7.80. The number of anilines is 3. The van der Waals surface area contributed by atoms with Crippen LogP contribution in [0, 0.1) is 10.0 Å². The van der Waals surface area contributed by atoms with Gasteiger partial charge in [-0.1, -0.05) is 31.5 Å². The zero-order valence-electron chi connectivity index (χ0n) is 16.8. The molecular weight excluding hydrogens is 386 g/mol. The molecule has 2 aromatic rings. The van der Waals surface area contributed by atoms with Gasteiger partial charge in [-0.05, 0) is 32.6 Å². The Balaban J connectivity index is 1.55. The Morgan fingerprint density at radius 3 is 2.72 bits per heavy atom. The first-order chi connectivity index (χ1) is 14.1. The fraction of sp³-hybridized carbons (Fsp3) is 0.600. The van der Waals surface area contributed by atoms with Crippen LogP contribution >= 0.6 is 12.2 Å². The maximum Gasteiger partial charge on any atom is 0.207 e. The Morgan fingerprint density at radius 2 is 2.00 bits per heavy atom. The molecule has 0 radical (unpaired) electrons. The third-order valence-electron chi connectivity index (χ3n) is 5.68. The van der Waals surface area contributed by atoms with Gasteiger partial charge in [-0.3, -0.25) is 4.68 Å². The normalized spacial score (nSPS) is 18.5. The van der Waals surface area contributed by atoms with Gasteiger partial charge in [0.2, 0.25) is 5.95 Å². The molecule has 2 aliphatic rings. The number of aromatic amines is 1. The Hall–Kier alpha value is -2.26. The van der Waals surface area contributed by atoms with Crippen molar-refractivity contribution in [3.63, 3.8) is 0 Å². The predicted octanol–water partition coefficient (Wildman–Crippen LogP) is 4.56. The zero-order valence-corrected chi connectivity index (χ0v) is 17.6. The average molecular weight is 416 g/mol. The van der Waals surface area contributed by atoms with Gasteiger partial charge in [0.25, 0.3) is 0 Å². The van der Waals surface area contributed by atoms with Crippen molar-refractivity contribution in [3.05, 3.63) is 22.6 Å². The lowest BCUT2D eigenvalue weighted by Gasteiger charge is -2.25. The molecule has 2 fully saturated rings. The van der Waals surface area contributed by atoms with E-state index in [1.165, 1.54) is 19.3 Å². The van der Waals surface area contributed by atoms with Crippen molar-refractivity contribution in [1.29, 1.82) is 5.41 Å². The predicted molar refractivity (Wildman–Crippen MR) is 117 cm³/mol. The van der Waals surface area contributed by atoms with Crippen molar-refractivity contribution < 1.29 is 4.74 Å². The van der Waals surface area contributed by atoms with Gasteiger partial charge in [0.1, 0.15) is 10.5 Å². The number of H-pyrrole nitrogens is 1. The first kappa shape index (κ1) is 20.0. The average Bonchev–Trinajstić information content (AvgIpc) is 3.17. The van der Waals surface area contributed by atoms with Gasteiger partial charge < -0.3 is 25.8 Å². The molecular formula is C20H29N7OS. The Bertz CT molecular complexity index is 910. The Labute approximate surface area is 176 Å². The van der Waals surface area contributed by atoms with Crippen LogP contribution in [0.5, 0.6) is 0 Å². The summed E-state index contributed by atoms with van der Waals surface area (Å²) in [7, 11) is 0. The van der Waals surface area contributed by atoms with Crippen LogP contribution in [0.25, 0.3) is 0 Å². The molecule has 1 aliphatic carbocycles. The standard InChI is InChI=1S/C20H29N7OS/c1-13(21)17-18(23-14-5-3-2-4-6-14)25-20(26-19(17)29)24-15-11-22-27(12-15)16-7-9-28-10-8-16/h11-12,14,16,21H,2-10H2,1H3,(H3,23,24,25,26,29). The third kappa shape index (κ3) is 4.84. The summed E-state index contributed by atoms with van der Waals surface area (Å²) in [5.41, 5.74) is 1.95. The molecule has 0 aromatic carbocycles. The van der Waals surface area contributed by atoms with Gasteiger partial charge in [-0.15, -0.1) is 0 Å². The summed E-state index contributed by atoms with van der Waals surface area (Å²) >= 11 is 5.51. The quantitative estimate of drug-likeness (QED) is 0.407. The first-order valence-electron chi connectivity index (χ1n) is 10.5. The largest absolute Gasteiger partial charge is 0.381 e. The number of rotatable bonds is 6. The molecule has 0 atom stereocenters. The van der Waals surface area contributed by atoms with Crippen LogP contribution in [0.2, 0.25) is 0 Å². The SMILES string of the molecule is CC(=N)c1c(NC2CCCCC2)[nH]c(Nc2cnn(C3CCOCC3)c2)nc1=S. The van der Waals surface area contributed by atoms with Crippen LogP contribution in [-0.4, -0.2) is 44.7 Å². The number of nitrogens with one attached hydrogen (secondary N) is 4. The summed E-state index contributed by atoms with van der Waals surface area (Å²) < 4.78 is 7.86. The summed E-state index contributed by atoms with van der Waals surface area (Å²) in [6, 6.07) is 0.774. The van der Waals surface area contributed by atoms with Crippen LogP contribution in [0.4, 0.5) is 17.5 Å². The van der Waals surface area contributed by atoms with Crippen molar-refractivity contribution in [1.82, 2.24) is 19.7 Å². The van der Waals surface area contributed by atoms with Crippen molar-refractivity contribution in [2.24, 2.45) is 0 Å². The van der Waals surface area contributed by atoms with Gasteiger partial charge in [0.05, 0.1) is 23.5 Å². The minimum Gasteiger partial charge on any atom is -0.381 e. The maximum absolute atomic E-state index is 8.13. The molecule has 8 nitrogen and oxygen atoms in total. The van der Waals surface area contributed by atoms with Crippen molar-refractivity contribution in [2.75, 3.05) is 23.8 Å². The highest BCUT2D eigenvalue weighted by atomic mass is 32.1. The number of hydrogen-bond acceptors (Lipinski definition) is 7. The molecule has 9 heteroatoms. The van der Waals surface area contributed by atoms with Crippen LogP contribution in [0.3, 0.4) is 0 Å². The molecule has 4 rings (SSSR count). The van der Waals surface area contributed by atoms with E-state index in [1.807, 2.05) is 10.9 Å². The topological polar surface area (TPSA) is 104 Å². The van der Waals surface area contributed by atoms with E-state index >= 15 is 0 Å². The van der Waals surface area contributed by atoms with E-state index in [2.05, 4.69) is 25.7 Å². The lowest BCUT2D eigenvalue weighted by molar-refractivity contribution is 0.0662. The molecule has 0 bridgehead atoms. The zero-order chi connectivity index (χ0) is 20.2. The van der Waals surface area contributed by atoms with Gasteiger partial charge in [0, 0.05) is 31.2 Å². The monoisotopic (exact) mass is 415 g/mol. The van der Waals surface area contributed by atoms with Gasteiger partial charge >= 0.3 is 0 Å². The highest BCUT2D eigenvalue weighted by Gasteiger charge is 2.19. The molecule has 156 valence electrons. The molecule has 3 heterocycles. The van der Waals surface area contributed by atoms with Crippen molar-refractivity contribution in [2.45, 2.75) is 64.0 Å². The molecule has 1 saturated heterocycles. The van der Waals surface area contributed by atoms with E-state index in [-0.39, 0.29) is 0 Å². The fourth-order valence-corrected chi connectivity index (χ4v) is 4.47.